The summed E-state index contributed by atoms with van der Waals surface area (Å²) in [6.45, 7) is 2.04. The van der Waals surface area contributed by atoms with E-state index in [1.807, 2.05) is 42.5 Å². The lowest BCUT2D eigenvalue weighted by Gasteiger charge is -2.08. The molecule has 2 heterocycles. The van der Waals surface area contributed by atoms with Crippen LogP contribution in [0, 0.1) is 11.3 Å². The van der Waals surface area contributed by atoms with Gasteiger partial charge in [0.25, 0.3) is 0 Å². The molecule has 0 saturated heterocycles. The minimum Gasteiger partial charge on any atom is -0.461 e. The summed E-state index contributed by atoms with van der Waals surface area (Å²) in [7, 11) is 1.73. The zero-order chi connectivity index (χ0) is 17.8. The van der Waals surface area contributed by atoms with Crippen LogP contribution in [0.3, 0.4) is 0 Å². The maximum atomic E-state index is 12.3. The fourth-order valence-corrected chi connectivity index (χ4v) is 2.79. The van der Waals surface area contributed by atoms with Crippen molar-refractivity contribution in [2.24, 2.45) is 7.05 Å². The second-order valence-electron chi connectivity index (χ2n) is 5.50. The topological polar surface area (TPSA) is 67.9 Å². The first-order valence-electron chi connectivity index (χ1n) is 7.94. The minimum atomic E-state index is -0.435. The Bertz CT molecular complexity index is 936. The molecular weight excluding hydrogens is 314 g/mol. The number of carbonyl (C=O) groups is 1. The van der Waals surface area contributed by atoms with Crippen molar-refractivity contribution in [3.63, 3.8) is 0 Å². The van der Waals surface area contributed by atoms with E-state index in [0.29, 0.717) is 16.8 Å². The monoisotopic (exact) mass is 331 g/mol. The summed E-state index contributed by atoms with van der Waals surface area (Å²) >= 11 is 0. The largest absolute Gasteiger partial charge is 0.461 e. The van der Waals surface area contributed by atoms with Crippen molar-refractivity contribution in [1.82, 2.24) is 9.55 Å². The lowest BCUT2D eigenvalue weighted by Crippen LogP contribution is -2.10. The standard InChI is InChI=1S/C20H17N3O2/c1-3-25-20(24)19-18(16(12-21)13-23(19)2)15-9-7-14(8-10-15)17-6-4-5-11-22-17/h4-11,13H,3H2,1-2H3. The minimum absolute atomic E-state index is 0.282. The Kier molecular flexibility index (Phi) is 4.62. The number of benzene rings is 1. The van der Waals surface area contributed by atoms with Gasteiger partial charge in [-0.15, -0.1) is 0 Å². The van der Waals surface area contributed by atoms with Gasteiger partial charge in [-0.25, -0.2) is 4.79 Å². The van der Waals surface area contributed by atoms with Crippen molar-refractivity contribution in [1.29, 1.82) is 5.26 Å². The van der Waals surface area contributed by atoms with Crippen LogP contribution in [0.5, 0.6) is 0 Å². The molecule has 0 aliphatic heterocycles. The van der Waals surface area contributed by atoms with E-state index in [4.69, 9.17) is 4.74 Å². The van der Waals surface area contributed by atoms with Gasteiger partial charge in [-0.3, -0.25) is 4.98 Å². The molecule has 5 nitrogen and oxygen atoms in total. The summed E-state index contributed by atoms with van der Waals surface area (Å²) in [5.74, 6) is -0.435. The van der Waals surface area contributed by atoms with Gasteiger partial charge in [0.1, 0.15) is 11.8 Å². The third kappa shape index (κ3) is 3.15. The maximum absolute atomic E-state index is 12.3. The molecule has 0 atom stereocenters. The summed E-state index contributed by atoms with van der Waals surface area (Å²) in [6.07, 6.45) is 3.39. The first-order valence-corrected chi connectivity index (χ1v) is 7.94. The predicted octanol–water partition coefficient (Wildman–Crippen LogP) is 3.80. The molecule has 124 valence electrons. The summed E-state index contributed by atoms with van der Waals surface area (Å²) < 4.78 is 6.78. The van der Waals surface area contributed by atoms with Crippen molar-refractivity contribution in [3.05, 3.63) is 66.1 Å². The zero-order valence-electron chi connectivity index (χ0n) is 14.1. The van der Waals surface area contributed by atoms with Gasteiger partial charge in [0.2, 0.25) is 0 Å². The third-order valence-corrected chi connectivity index (χ3v) is 3.91. The van der Waals surface area contributed by atoms with E-state index in [1.54, 1.807) is 30.9 Å². The fourth-order valence-electron chi connectivity index (χ4n) is 2.79. The molecule has 0 amide bonds. The van der Waals surface area contributed by atoms with Crippen molar-refractivity contribution < 1.29 is 9.53 Å². The highest BCUT2D eigenvalue weighted by molar-refractivity contribution is 5.98. The van der Waals surface area contributed by atoms with E-state index in [9.17, 15) is 10.1 Å². The highest BCUT2D eigenvalue weighted by atomic mass is 16.5. The van der Waals surface area contributed by atoms with Crippen molar-refractivity contribution >= 4 is 5.97 Å². The van der Waals surface area contributed by atoms with E-state index in [0.717, 1.165) is 16.8 Å². The summed E-state index contributed by atoms with van der Waals surface area (Å²) in [5.41, 5.74) is 4.04. The predicted molar refractivity (Wildman–Crippen MR) is 94.8 cm³/mol. The van der Waals surface area contributed by atoms with Gasteiger partial charge in [-0.05, 0) is 24.6 Å². The van der Waals surface area contributed by atoms with Gasteiger partial charge in [0.05, 0.1) is 17.9 Å². The normalized spacial score (nSPS) is 10.3. The highest BCUT2D eigenvalue weighted by Gasteiger charge is 2.22. The molecule has 0 bridgehead atoms. The number of esters is 1. The van der Waals surface area contributed by atoms with Crippen molar-refractivity contribution in [3.8, 4) is 28.5 Å². The van der Waals surface area contributed by atoms with Crippen LogP contribution in [0.25, 0.3) is 22.4 Å². The van der Waals surface area contributed by atoms with Crippen LogP contribution < -0.4 is 0 Å². The van der Waals surface area contributed by atoms with Gasteiger partial charge in [0.15, 0.2) is 0 Å². The Morgan fingerprint density at radius 1 is 1.20 bits per heavy atom. The van der Waals surface area contributed by atoms with Gasteiger partial charge in [-0.2, -0.15) is 5.26 Å². The lowest BCUT2D eigenvalue weighted by atomic mass is 9.99. The Labute approximate surface area is 146 Å². The maximum Gasteiger partial charge on any atom is 0.355 e. The zero-order valence-corrected chi connectivity index (χ0v) is 14.1. The van der Waals surface area contributed by atoms with E-state index in [-0.39, 0.29) is 6.61 Å². The molecule has 0 saturated carbocycles. The first-order chi connectivity index (χ1) is 12.2. The molecular formula is C20H17N3O2. The van der Waals surface area contributed by atoms with Crippen LogP contribution in [0.4, 0.5) is 0 Å². The average molecular weight is 331 g/mol. The number of nitriles is 1. The molecule has 2 aromatic heterocycles. The number of nitrogens with zero attached hydrogens (tertiary/aromatic N) is 3. The van der Waals surface area contributed by atoms with Crippen LogP contribution >= 0.6 is 0 Å². The average Bonchev–Trinajstić information content (AvgIpc) is 2.99. The van der Waals surface area contributed by atoms with Crippen molar-refractivity contribution in [2.75, 3.05) is 6.61 Å². The van der Waals surface area contributed by atoms with Crippen LogP contribution in [0.2, 0.25) is 0 Å². The Morgan fingerprint density at radius 3 is 2.52 bits per heavy atom. The molecule has 3 rings (SSSR count). The van der Waals surface area contributed by atoms with Crippen LogP contribution in [-0.2, 0) is 11.8 Å². The third-order valence-electron chi connectivity index (χ3n) is 3.91. The molecule has 0 N–H and O–H groups in total. The fraction of sp³-hybridized carbons (Fsp3) is 0.150. The Balaban J connectivity index is 2.07. The molecule has 0 radical (unpaired) electrons. The first kappa shape index (κ1) is 16.5. The quantitative estimate of drug-likeness (QED) is 0.682. The van der Waals surface area contributed by atoms with Crippen molar-refractivity contribution in [2.45, 2.75) is 6.92 Å². The number of aromatic nitrogens is 2. The number of ether oxygens (including phenoxy) is 1. The molecule has 3 aromatic rings. The van der Waals surface area contributed by atoms with E-state index in [1.165, 1.54) is 0 Å². The second-order valence-corrected chi connectivity index (χ2v) is 5.50. The summed E-state index contributed by atoms with van der Waals surface area (Å²) in [6, 6.07) is 15.5. The molecule has 5 heteroatoms. The van der Waals surface area contributed by atoms with Crippen LogP contribution in [0.15, 0.2) is 54.9 Å². The summed E-state index contributed by atoms with van der Waals surface area (Å²) in [5, 5.41) is 9.44. The van der Waals surface area contributed by atoms with Gasteiger partial charge >= 0.3 is 5.97 Å². The summed E-state index contributed by atoms with van der Waals surface area (Å²) in [4.78, 5) is 16.6. The molecule has 25 heavy (non-hydrogen) atoms. The number of rotatable bonds is 4. The van der Waals surface area contributed by atoms with E-state index < -0.39 is 5.97 Å². The molecule has 0 aliphatic carbocycles. The highest BCUT2D eigenvalue weighted by Crippen LogP contribution is 2.31. The molecule has 0 fully saturated rings. The Hall–Kier alpha value is -3.39. The number of pyridine rings is 1. The SMILES string of the molecule is CCOC(=O)c1c(-c2ccc(-c3ccccn3)cc2)c(C#N)cn1C. The van der Waals surface area contributed by atoms with Gasteiger partial charge in [0, 0.05) is 30.6 Å². The van der Waals surface area contributed by atoms with Crippen LogP contribution in [0.1, 0.15) is 23.0 Å². The Morgan fingerprint density at radius 2 is 1.92 bits per heavy atom. The second kappa shape index (κ2) is 7.02. The number of aryl methyl sites for hydroxylation is 1. The number of carbonyl (C=O) groups excluding carboxylic acids is 1. The molecule has 1 aromatic carbocycles. The lowest BCUT2D eigenvalue weighted by molar-refractivity contribution is 0.0516. The van der Waals surface area contributed by atoms with E-state index >= 15 is 0 Å². The van der Waals surface area contributed by atoms with Gasteiger partial charge in [-0.1, -0.05) is 30.3 Å². The smallest absolute Gasteiger partial charge is 0.355 e. The molecule has 0 unspecified atom stereocenters. The molecule has 0 spiro atoms. The van der Waals surface area contributed by atoms with Crippen LogP contribution in [-0.4, -0.2) is 22.1 Å². The van der Waals surface area contributed by atoms with E-state index in [2.05, 4.69) is 11.1 Å². The van der Waals surface area contributed by atoms with Gasteiger partial charge < -0.3 is 9.30 Å². The molecule has 0 aliphatic rings. The number of hydrogen-bond acceptors (Lipinski definition) is 4. The number of hydrogen-bond donors (Lipinski definition) is 0.